The van der Waals surface area contributed by atoms with Crippen LogP contribution >= 0.6 is 35.0 Å². The predicted molar refractivity (Wildman–Crippen MR) is 68.6 cm³/mol. The van der Waals surface area contributed by atoms with Gasteiger partial charge in [0.1, 0.15) is 5.82 Å². The van der Waals surface area contributed by atoms with Crippen LogP contribution in [0, 0.1) is 5.82 Å². The summed E-state index contributed by atoms with van der Waals surface area (Å²) in [6.45, 7) is 0.670. The molecule has 2 rings (SSSR count). The molecule has 0 saturated heterocycles. The van der Waals surface area contributed by atoms with Crippen molar-refractivity contribution in [1.82, 2.24) is 5.32 Å². The van der Waals surface area contributed by atoms with Gasteiger partial charge in [0.15, 0.2) is 5.17 Å². The van der Waals surface area contributed by atoms with Gasteiger partial charge in [-0.15, -0.1) is 0 Å². The number of hydrogen-bond donors (Lipinski definition) is 1. The van der Waals surface area contributed by atoms with E-state index < -0.39 is 11.7 Å². The van der Waals surface area contributed by atoms with Crippen LogP contribution in [0.4, 0.5) is 4.39 Å². The first-order chi connectivity index (χ1) is 8.08. The number of thioether (sulfide) groups is 1. The fraction of sp³-hybridized carbons (Fsp3) is 0.200. The second kappa shape index (κ2) is 5.25. The Bertz CT molecular complexity index is 507. The summed E-state index contributed by atoms with van der Waals surface area (Å²) in [5.41, 5.74) is 0.0452. The number of amidine groups is 1. The van der Waals surface area contributed by atoms with Crippen molar-refractivity contribution in [2.75, 3.05) is 12.3 Å². The van der Waals surface area contributed by atoms with Gasteiger partial charge in [0.2, 0.25) is 0 Å². The molecule has 1 aliphatic rings. The Morgan fingerprint density at radius 1 is 1.41 bits per heavy atom. The van der Waals surface area contributed by atoms with Gasteiger partial charge >= 0.3 is 0 Å². The number of rotatable bonds is 1. The topological polar surface area (TPSA) is 41.5 Å². The van der Waals surface area contributed by atoms with Crippen LogP contribution in [0.2, 0.25) is 10.0 Å². The summed E-state index contributed by atoms with van der Waals surface area (Å²) in [4.78, 5) is 15.8. The molecule has 0 radical (unpaired) electrons. The van der Waals surface area contributed by atoms with Crippen molar-refractivity contribution in [2.24, 2.45) is 4.99 Å². The van der Waals surface area contributed by atoms with Crippen molar-refractivity contribution >= 4 is 46.0 Å². The first-order valence-electron chi connectivity index (χ1n) is 4.71. The largest absolute Gasteiger partial charge is 0.301 e. The Hall–Kier alpha value is -0.780. The van der Waals surface area contributed by atoms with Crippen molar-refractivity contribution in [3.8, 4) is 0 Å². The average Bonchev–Trinajstić information content (AvgIpc) is 2.76. The van der Waals surface area contributed by atoms with E-state index in [0.29, 0.717) is 11.7 Å². The van der Waals surface area contributed by atoms with Crippen molar-refractivity contribution in [1.29, 1.82) is 0 Å². The lowest BCUT2D eigenvalue weighted by Gasteiger charge is -2.06. The molecule has 0 aliphatic carbocycles. The van der Waals surface area contributed by atoms with Crippen molar-refractivity contribution in [3.63, 3.8) is 0 Å². The summed E-state index contributed by atoms with van der Waals surface area (Å²) in [6.07, 6.45) is 0. The highest BCUT2D eigenvalue weighted by Gasteiger charge is 2.17. The molecular weight excluding hydrogens is 286 g/mol. The summed E-state index contributed by atoms with van der Waals surface area (Å²) >= 11 is 12.8. The Morgan fingerprint density at radius 3 is 2.82 bits per heavy atom. The molecule has 0 unspecified atom stereocenters. The van der Waals surface area contributed by atoms with Crippen LogP contribution in [0.3, 0.4) is 0 Å². The van der Waals surface area contributed by atoms with Crippen molar-refractivity contribution in [3.05, 3.63) is 33.6 Å². The van der Waals surface area contributed by atoms with Crippen LogP contribution in [-0.2, 0) is 0 Å². The Kier molecular flexibility index (Phi) is 3.91. The number of aliphatic imine (C=N–C) groups is 1. The highest BCUT2D eigenvalue weighted by atomic mass is 35.5. The van der Waals surface area contributed by atoms with Crippen molar-refractivity contribution in [2.45, 2.75) is 0 Å². The van der Waals surface area contributed by atoms with E-state index in [9.17, 15) is 9.18 Å². The molecule has 3 nitrogen and oxygen atoms in total. The first-order valence-corrected chi connectivity index (χ1v) is 6.45. The van der Waals surface area contributed by atoms with Crippen molar-refractivity contribution < 1.29 is 9.18 Å². The molecule has 1 heterocycles. The standard InChI is InChI=1S/C10H7Cl2FN2OS/c11-6-4-7(12)8(13)3-5(6)9(16)15-10-14-1-2-17-10/h3-4H,1-2H2,(H,14,15,16). The molecule has 17 heavy (non-hydrogen) atoms. The minimum Gasteiger partial charge on any atom is -0.301 e. The van der Waals surface area contributed by atoms with Crippen LogP contribution < -0.4 is 5.32 Å². The third kappa shape index (κ3) is 2.91. The monoisotopic (exact) mass is 292 g/mol. The van der Waals surface area contributed by atoms with E-state index >= 15 is 0 Å². The Morgan fingerprint density at radius 2 is 2.18 bits per heavy atom. The lowest BCUT2D eigenvalue weighted by molar-refractivity contribution is 0.0977. The maximum absolute atomic E-state index is 13.2. The van der Waals surface area contributed by atoms with E-state index in [-0.39, 0.29) is 15.6 Å². The fourth-order valence-corrected chi connectivity index (χ4v) is 2.46. The van der Waals surface area contributed by atoms with E-state index in [4.69, 9.17) is 23.2 Å². The predicted octanol–water partition coefficient (Wildman–Crippen LogP) is 2.97. The summed E-state index contributed by atoms with van der Waals surface area (Å²) in [7, 11) is 0. The number of carbonyl (C=O) groups excluding carboxylic acids is 1. The second-order valence-corrected chi connectivity index (χ2v) is 5.13. The third-order valence-electron chi connectivity index (χ3n) is 2.06. The minimum atomic E-state index is -0.678. The summed E-state index contributed by atoms with van der Waals surface area (Å²) < 4.78 is 13.2. The zero-order chi connectivity index (χ0) is 12.4. The molecule has 0 atom stereocenters. The molecule has 0 aromatic heterocycles. The average molecular weight is 293 g/mol. The van der Waals surface area contributed by atoms with Crippen LogP contribution in [0.15, 0.2) is 17.1 Å². The Balaban J connectivity index is 2.21. The van der Waals surface area contributed by atoms with Gasteiger partial charge in [-0.25, -0.2) is 4.39 Å². The number of nitrogens with zero attached hydrogens (tertiary/aromatic N) is 1. The van der Waals surface area contributed by atoms with Gasteiger partial charge < -0.3 is 5.32 Å². The number of amides is 1. The molecule has 7 heteroatoms. The third-order valence-corrected chi connectivity index (χ3v) is 3.55. The maximum atomic E-state index is 13.2. The number of carbonyl (C=O) groups is 1. The normalized spacial score (nSPS) is 14.6. The molecule has 0 fully saturated rings. The van der Waals surface area contributed by atoms with E-state index in [1.807, 2.05) is 0 Å². The Labute approximate surface area is 111 Å². The van der Waals surface area contributed by atoms with Crippen LogP contribution in [0.25, 0.3) is 0 Å². The highest BCUT2D eigenvalue weighted by Crippen LogP contribution is 2.24. The summed E-state index contributed by atoms with van der Waals surface area (Å²) in [5, 5.41) is 3.09. The first kappa shape index (κ1) is 12.7. The summed E-state index contributed by atoms with van der Waals surface area (Å²) in [6, 6.07) is 2.22. The van der Waals surface area contributed by atoms with Crippen LogP contribution in [0.1, 0.15) is 10.4 Å². The molecule has 1 aromatic rings. The molecule has 1 amide bonds. The number of nitrogens with one attached hydrogen (secondary N) is 1. The number of hydrogen-bond acceptors (Lipinski definition) is 3. The van der Waals surface area contributed by atoms with E-state index in [1.54, 1.807) is 0 Å². The van der Waals surface area contributed by atoms with E-state index in [0.717, 1.165) is 11.8 Å². The lowest BCUT2D eigenvalue weighted by Crippen LogP contribution is -2.27. The van der Waals surface area contributed by atoms with E-state index in [1.165, 1.54) is 17.8 Å². The van der Waals surface area contributed by atoms with Gasteiger partial charge in [0.25, 0.3) is 5.91 Å². The quantitative estimate of drug-likeness (QED) is 0.809. The molecule has 1 N–H and O–H groups in total. The van der Waals surface area contributed by atoms with Gasteiger partial charge in [0, 0.05) is 5.75 Å². The molecule has 90 valence electrons. The van der Waals surface area contributed by atoms with Crippen LogP contribution in [-0.4, -0.2) is 23.4 Å². The van der Waals surface area contributed by atoms with E-state index in [2.05, 4.69) is 10.3 Å². The van der Waals surface area contributed by atoms with Gasteiger partial charge in [0.05, 0.1) is 22.2 Å². The fourth-order valence-electron chi connectivity index (χ4n) is 1.27. The molecule has 0 saturated carbocycles. The lowest BCUT2D eigenvalue weighted by atomic mass is 10.2. The van der Waals surface area contributed by atoms with Gasteiger partial charge in [-0.2, -0.15) is 0 Å². The minimum absolute atomic E-state index is 0.0452. The molecule has 0 spiro atoms. The molecule has 1 aromatic carbocycles. The summed E-state index contributed by atoms with van der Waals surface area (Å²) in [5.74, 6) is -0.334. The maximum Gasteiger partial charge on any atom is 0.258 e. The van der Waals surface area contributed by atoms with Gasteiger partial charge in [-0.05, 0) is 12.1 Å². The second-order valence-electron chi connectivity index (χ2n) is 3.24. The number of benzene rings is 1. The molecular formula is C10H7Cl2FN2OS. The van der Waals surface area contributed by atoms with Crippen LogP contribution in [0.5, 0.6) is 0 Å². The smallest absolute Gasteiger partial charge is 0.258 e. The SMILES string of the molecule is O=C(NC1=NCCS1)c1cc(F)c(Cl)cc1Cl. The van der Waals surface area contributed by atoms with Gasteiger partial charge in [-0.1, -0.05) is 35.0 Å². The zero-order valence-electron chi connectivity index (χ0n) is 8.47. The number of halogens is 3. The zero-order valence-corrected chi connectivity index (χ0v) is 10.8. The molecule has 0 bridgehead atoms. The molecule has 1 aliphatic heterocycles. The van der Waals surface area contributed by atoms with Gasteiger partial charge in [-0.3, -0.25) is 9.79 Å². The highest BCUT2D eigenvalue weighted by molar-refractivity contribution is 8.14.